The van der Waals surface area contributed by atoms with E-state index in [0.717, 1.165) is 0 Å². The molecular weight excluding hydrogens is 499 g/mol. The monoisotopic (exact) mass is 534 g/mol. The molecule has 2 nitrogen and oxygen atoms in total. The third-order valence-electron chi connectivity index (χ3n) is 7.63. The number of imidazole rings is 1. The average Bonchev–Trinajstić information content (AvgIpc) is 3.58. The Morgan fingerprint density at radius 1 is 0.600 bits per heavy atom. The Hall–Kier alpha value is -4.41. The Balaban J connectivity index is 0.000000194. The molecule has 0 radical (unpaired) electrons. The van der Waals surface area contributed by atoms with Gasteiger partial charge in [0.15, 0.2) is 0 Å². The van der Waals surface area contributed by atoms with Gasteiger partial charge in [0, 0.05) is 12.4 Å². The molecule has 1 aromatic heterocycles. The van der Waals surface area contributed by atoms with Crippen LogP contribution < -0.4 is 16.1 Å². The van der Waals surface area contributed by atoms with E-state index in [2.05, 4.69) is 175 Å². The van der Waals surface area contributed by atoms with Gasteiger partial charge in [-0.3, -0.25) is 0 Å². The molecule has 0 bridgehead atoms. The summed E-state index contributed by atoms with van der Waals surface area (Å²) in [5, 5.41) is 1.24. The van der Waals surface area contributed by atoms with E-state index in [4.69, 9.17) is 0 Å². The molecule has 0 amide bonds. The second-order valence-corrected chi connectivity index (χ2v) is 12.5. The van der Waals surface area contributed by atoms with Crippen LogP contribution in [0, 0.1) is 6.92 Å². The Kier molecular flexibility index (Phi) is 8.90. The molecule has 5 aromatic carbocycles. The summed E-state index contributed by atoms with van der Waals surface area (Å²) in [5.41, 5.74) is 6.68. The zero-order chi connectivity index (χ0) is 27.6. The van der Waals surface area contributed by atoms with E-state index in [1.54, 1.807) is 0 Å². The minimum Gasteiger partial charge on any atom is -0.326 e. The van der Waals surface area contributed by atoms with Crippen molar-refractivity contribution < 1.29 is 0 Å². The van der Waals surface area contributed by atoms with Crippen LogP contribution in [-0.4, -0.2) is 25.8 Å². The third kappa shape index (κ3) is 6.24. The second kappa shape index (κ2) is 13.1. The molecule has 0 aliphatic carbocycles. The first-order chi connectivity index (χ1) is 19.7. The normalized spacial score (nSPS) is 11.2. The zero-order valence-electron chi connectivity index (χ0n) is 23.3. The Morgan fingerprint density at radius 3 is 1.48 bits per heavy atom. The van der Waals surface area contributed by atoms with Crippen LogP contribution in [0.1, 0.15) is 16.7 Å². The summed E-state index contributed by atoms with van der Waals surface area (Å²) >= 11 is 0. The van der Waals surface area contributed by atoms with E-state index in [9.17, 15) is 0 Å². The summed E-state index contributed by atoms with van der Waals surface area (Å²) in [7, 11) is -0.763. The average molecular weight is 535 g/mol. The van der Waals surface area contributed by atoms with E-state index in [1.165, 1.54) is 32.8 Å². The van der Waals surface area contributed by atoms with Gasteiger partial charge in [0.05, 0.1) is 21.0 Å². The molecule has 0 N–H and O–H groups in total. The largest absolute Gasteiger partial charge is 0.326 e. The van der Waals surface area contributed by atoms with E-state index in [1.807, 2.05) is 12.5 Å². The van der Waals surface area contributed by atoms with Gasteiger partial charge in [0.1, 0.15) is 0 Å². The first-order valence-electron chi connectivity index (χ1n) is 13.9. The molecule has 0 saturated carbocycles. The number of nitrogens with zero attached hydrogens (tertiary/aromatic N) is 2. The van der Waals surface area contributed by atoms with Crippen LogP contribution in [0.4, 0.5) is 0 Å². The predicted molar refractivity (Wildman–Crippen MR) is 174 cm³/mol. The van der Waals surface area contributed by atoms with Gasteiger partial charge in [-0.05, 0) is 18.1 Å². The van der Waals surface area contributed by atoms with E-state index >= 15 is 0 Å². The van der Waals surface area contributed by atoms with Crippen molar-refractivity contribution in [3.05, 3.63) is 181 Å². The Bertz CT molecular complexity index is 1480. The lowest BCUT2D eigenvalue weighted by atomic mass is 9.43. The van der Waals surface area contributed by atoms with Crippen molar-refractivity contribution >= 4 is 32.3 Å². The molecule has 0 aliphatic heterocycles. The van der Waals surface area contributed by atoms with Crippen LogP contribution in [0.2, 0.25) is 6.82 Å². The molecule has 4 heteroatoms. The molecule has 6 aromatic rings. The Morgan fingerprint density at radius 2 is 1.05 bits per heavy atom. The topological polar surface area (TPSA) is 17.8 Å². The number of hydrogen-bond acceptors (Lipinski definition) is 1. The van der Waals surface area contributed by atoms with Crippen molar-refractivity contribution in [2.24, 2.45) is 0 Å². The SMILES string of the molecule is CB(c1ccccc1)c1ccccc1.Cc1ccc([SiH2]C(c2ccccc2)(c2ccccc2)n2ccnc2)cc1. The maximum absolute atomic E-state index is 4.38. The lowest BCUT2D eigenvalue weighted by Gasteiger charge is -2.37. The van der Waals surface area contributed by atoms with Crippen LogP contribution >= 0.6 is 0 Å². The van der Waals surface area contributed by atoms with Crippen LogP contribution in [0.3, 0.4) is 0 Å². The maximum Gasteiger partial charge on any atom is 0.206 e. The minimum absolute atomic E-state index is 0.200. The highest BCUT2D eigenvalue weighted by Gasteiger charge is 2.36. The highest BCUT2D eigenvalue weighted by atomic mass is 28.2. The summed E-state index contributed by atoms with van der Waals surface area (Å²) in [6.07, 6.45) is 5.94. The van der Waals surface area contributed by atoms with Crippen molar-refractivity contribution in [3.8, 4) is 0 Å². The maximum atomic E-state index is 4.38. The highest BCUT2D eigenvalue weighted by Crippen LogP contribution is 2.33. The van der Waals surface area contributed by atoms with Crippen LogP contribution in [0.25, 0.3) is 0 Å². The number of rotatable bonds is 7. The van der Waals surface area contributed by atoms with Gasteiger partial charge >= 0.3 is 0 Å². The van der Waals surface area contributed by atoms with Crippen molar-refractivity contribution in [3.63, 3.8) is 0 Å². The van der Waals surface area contributed by atoms with Crippen molar-refractivity contribution in [2.75, 3.05) is 0 Å². The Labute approximate surface area is 241 Å². The quantitative estimate of drug-likeness (QED) is 0.252. The van der Waals surface area contributed by atoms with Crippen molar-refractivity contribution in [2.45, 2.75) is 18.9 Å². The summed E-state index contributed by atoms with van der Waals surface area (Å²) in [4.78, 5) is 4.38. The zero-order valence-corrected chi connectivity index (χ0v) is 24.7. The fourth-order valence-electron chi connectivity index (χ4n) is 5.35. The second-order valence-electron chi connectivity index (χ2n) is 10.3. The van der Waals surface area contributed by atoms with E-state index in [0.29, 0.717) is 6.71 Å². The molecule has 0 unspecified atom stereocenters. The summed E-state index contributed by atoms with van der Waals surface area (Å²) in [5.74, 6) is 0. The molecule has 1 heterocycles. The van der Waals surface area contributed by atoms with Crippen LogP contribution in [0.5, 0.6) is 0 Å². The number of benzene rings is 5. The predicted octanol–water partition coefficient (Wildman–Crippen LogP) is 5.36. The summed E-state index contributed by atoms with van der Waals surface area (Å²) in [6, 6.07) is 51.9. The number of aromatic nitrogens is 2. The molecule has 0 spiro atoms. The molecule has 6 rings (SSSR count). The number of hydrogen-bond donors (Lipinski definition) is 0. The standard InChI is InChI=1S/C23H22N2Si.C13H13B/c1-19-12-14-22(15-13-19)26-23(25-17-16-24-18-25,20-8-4-2-5-9-20)21-10-6-3-7-11-21;1-14(12-8-4-2-5-9-12)13-10-6-3-7-11-13/h2-18H,26H2,1H3;2-11H,1H3. The van der Waals surface area contributed by atoms with Gasteiger partial charge in [-0.15, -0.1) is 0 Å². The molecule has 0 fully saturated rings. The fraction of sp³-hybridized carbons (Fsp3) is 0.0833. The van der Waals surface area contributed by atoms with Crippen LogP contribution in [-0.2, 0) is 5.16 Å². The van der Waals surface area contributed by atoms with Gasteiger partial charge in [-0.25, -0.2) is 4.98 Å². The molecule has 0 aliphatic rings. The van der Waals surface area contributed by atoms with Gasteiger partial charge in [0.2, 0.25) is 6.71 Å². The summed E-state index contributed by atoms with van der Waals surface area (Å²) < 4.78 is 2.30. The van der Waals surface area contributed by atoms with Crippen LogP contribution in [0.15, 0.2) is 164 Å². The van der Waals surface area contributed by atoms with Gasteiger partial charge < -0.3 is 4.57 Å². The molecule has 40 heavy (non-hydrogen) atoms. The lowest BCUT2D eigenvalue weighted by molar-refractivity contribution is 0.596. The first kappa shape index (κ1) is 27.2. The van der Waals surface area contributed by atoms with Gasteiger partial charge in [-0.1, -0.05) is 174 Å². The van der Waals surface area contributed by atoms with E-state index < -0.39 is 9.52 Å². The molecule has 0 saturated heterocycles. The molecular formula is C36H35BN2Si. The smallest absolute Gasteiger partial charge is 0.206 e. The minimum atomic E-state index is -0.763. The molecule has 196 valence electrons. The third-order valence-corrected chi connectivity index (χ3v) is 10.2. The summed E-state index contributed by atoms with van der Waals surface area (Å²) in [6.45, 7) is 4.87. The van der Waals surface area contributed by atoms with Gasteiger partial charge in [0.25, 0.3) is 0 Å². The lowest BCUT2D eigenvalue weighted by Crippen LogP contribution is -2.46. The van der Waals surface area contributed by atoms with E-state index in [-0.39, 0.29) is 5.16 Å². The number of aryl methyl sites for hydroxylation is 1. The first-order valence-corrected chi connectivity index (χ1v) is 15.3. The van der Waals surface area contributed by atoms with Crippen molar-refractivity contribution in [1.29, 1.82) is 0 Å². The molecule has 0 atom stereocenters. The van der Waals surface area contributed by atoms with Crippen molar-refractivity contribution in [1.82, 2.24) is 9.55 Å². The highest BCUT2D eigenvalue weighted by molar-refractivity contribution is 6.84. The van der Waals surface area contributed by atoms with Gasteiger partial charge in [-0.2, -0.15) is 0 Å². The fourth-order valence-corrected chi connectivity index (χ4v) is 7.66.